The van der Waals surface area contributed by atoms with Crippen LogP contribution in [-0.4, -0.2) is 26.5 Å². The molecule has 0 heterocycles. The highest BCUT2D eigenvalue weighted by Gasteiger charge is 2.39. The van der Waals surface area contributed by atoms with Crippen LogP contribution in [0.1, 0.15) is 67.2 Å². The van der Waals surface area contributed by atoms with Crippen molar-refractivity contribution in [2.24, 2.45) is 11.8 Å². The maximum atomic E-state index is 12.8. The van der Waals surface area contributed by atoms with Crippen molar-refractivity contribution in [2.75, 3.05) is 0 Å². The van der Waals surface area contributed by atoms with Crippen LogP contribution in [0.15, 0.2) is 35.0 Å². The highest BCUT2D eigenvalue weighted by atomic mass is 127. The van der Waals surface area contributed by atoms with Gasteiger partial charge in [-0.3, -0.25) is 4.79 Å². The smallest absolute Gasteiger partial charge is 0.308 e. The minimum atomic E-state index is -1.98. The van der Waals surface area contributed by atoms with Crippen LogP contribution in [0.4, 0.5) is 0 Å². The summed E-state index contributed by atoms with van der Waals surface area (Å²) in [6.07, 6.45) is 6.56. The highest BCUT2D eigenvalue weighted by molar-refractivity contribution is 14.1. The Morgan fingerprint density at radius 2 is 1.76 bits per heavy atom. The molecule has 0 aliphatic carbocycles. The second-order valence-electron chi connectivity index (χ2n) is 9.77. The molecule has 168 valence electrons. The summed E-state index contributed by atoms with van der Waals surface area (Å²) in [6.45, 7) is 25.1. The van der Waals surface area contributed by atoms with Gasteiger partial charge in [0.15, 0.2) is 8.32 Å². The fourth-order valence-corrected chi connectivity index (χ4v) is 4.59. The van der Waals surface area contributed by atoms with Gasteiger partial charge < -0.3 is 9.16 Å². The molecule has 0 aromatic carbocycles. The molecule has 3 nitrogen and oxygen atoms in total. The molecule has 0 aromatic heterocycles. The van der Waals surface area contributed by atoms with E-state index in [-0.39, 0.29) is 29.1 Å². The third-order valence-corrected chi connectivity index (χ3v) is 11.5. The summed E-state index contributed by atoms with van der Waals surface area (Å²) in [5.74, 6) is 0.408. The third kappa shape index (κ3) is 10.4. The van der Waals surface area contributed by atoms with E-state index in [1.165, 1.54) is 0 Å². The topological polar surface area (TPSA) is 35.5 Å². The lowest BCUT2D eigenvalue weighted by atomic mass is 9.98. The Labute approximate surface area is 194 Å². The number of carbonyl (C=O) groups excluding carboxylic acids is 1. The van der Waals surface area contributed by atoms with E-state index in [9.17, 15) is 4.79 Å². The molecule has 4 atom stereocenters. The van der Waals surface area contributed by atoms with E-state index in [2.05, 4.69) is 76.5 Å². The molecular weight excluding hydrogens is 491 g/mol. The Morgan fingerprint density at radius 1 is 1.17 bits per heavy atom. The zero-order chi connectivity index (χ0) is 22.8. The van der Waals surface area contributed by atoms with E-state index in [1.807, 2.05) is 30.1 Å². The second-order valence-corrected chi connectivity index (χ2v) is 15.1. The van der Waals surface area contributed by atoms with Gasteiger partial charge in [-0.2, -0.15) is 0 Å². The van der Waals surface area contributed by atoms with Gasteiger partial charge in [0.25, 0.3) is 0 Å². The molecule has 0 aromatic rings. The zero-order valence-electron chi connectivity index (χ0n) is 19.9. The van der Waals surface area contributed by atoms with Gasteiger partial charge in [-0.25, -0.2) is 0 Å². The lowest BCUT2D eigenvalue weighted by Gasteiger charge is -2.39. The number of esters is 1. The van der Waals surface area contributed by atoms with Crippen molar-refractivity contribution >= 4 is 36.9 Å². The normalized spacial score (nSPS) is 17.2. The summed E-state index contributed by atoms with van der Waals surface area (Å²) in [5.41, 5.74) is 1.04. The fourth-order valence-electron chi connectivity index (χ4n) is 2.85. The van der Waals surface area contributed by atoms with Crippen molar-refractivity contribution in [2.45, 2.75) is 97.6 Å². The van der Waals surface area contributed by atoms with Gasteiger partial charge in [0.2, 0.25) is 0 Å². The Kier molecular flexibility index (Phi) is 12.9. The van der Waals surface area contributed by atoms with Crippen LogP contribution in [0.3, 0.4) is 0 Å². The van der Waals surface area contributed by atoms with Crippen LogP contribution in [0, 0.1) is 11.8 Å². The number of ether oxygens (including phenoxy) is 1. The monoisotopic (exact) mass is 534 g/mol. The quantitative estimate of drug-likeness (QED) is 0.105. The van der Waals surface area contributed by atoms with Gasteiger partial charge in [0.05, 0.1) is 12.5 Å². The summed E-state index contributed by atoms with van der Waals surface area (Å²) in [4.78, 5) is 12.8. The van der Waals surface area contributed by atoms with Crippen molar-refractivity contribution in [3.8, 4) is 0 Å². The number of halogens is 1. The fraction of sp³-hybridized carbons (Fsp3) is 0.708. The lowest BCUT2D eigenvalue weighted by molar-refractivity contribution is -0.150. The largest absolute Gasteiger partial charge is 0.457 e. The van der Waals surface area contributed by atoms with Crippen LogP contribution in [-0.2, 0) is 14.0 Å². The molecule has 0 saturated carbocycles. The molecule has 0 amide bonds. The summed E-state index contributed by atoms with van der Waals surface area (Å²) in [5, 5.41) is 0.0995. The molecule has 0 N–H and O–H groups in total. The first kappa shape index (κ1) is 28.6. The molecule has 0 unspecified atom stereocenters. The summed E-state index contributed by atoms with van der Waals surface area (Å²) in [6, 6.07) is 0. The third-order valence-electron chi connectivity index (χ3n) is 5.94. The molecule has 0 saturated heterocycles. The van der Waals surface area contributed by atoms with Crippen molar-refractivity contribution in [3.05, 3.63) is 35.0 Å². The van der Waals surface area contributed by atoms with Crippen LogP contribution in [0.25, 0.3) is 0 Å². The van der Waals surface area contributed by atoms with Crippen LogP contribution in [0.5, 0.6) is 0 Å². The van der Waals surface area contributed by atoms with Gasteiger partial charge in [-0.05, 0) is 59.9 Å². The Morgan fingerprint density at radius 3 is 2.21 bits per heavy atom. The summed E-state index contributed by atoms with van der Waals surface area (Å²) >= 11 is 2.19. The predicted molar refractivity (Wildman–Crippen MR) is 137 cm³/mol. The van der Waals surface area contributed by atoms with Gasteiger partial charge >= 0.3 is 5.97 Å². The molecule has 0 fully saturated rings. The predicted octanol–water partition coefficient (Wildman–Crippen LogP) is 7.83. The molecule has 0 aliphatic heterocycles. The average Bonchev–Trinajstić information content (AvgIpc) is 2.62. The Hall–Kier alpha value is -0.403. The van der Waals surface area contributed by atoms with Crippen molar-refractivity contribution in [3.63, 3.8) is 0 Å². The van der Waals surface area contributed by atoms with Crippen molar-refractivity contribution < 1.29 is 14.0 Å². The van der Waals surface area contributed by atoms with E-state index in [0.29, 0.717) is 12.3 Å². The Bertz CT molecular complexity index is 563. The number of rotatable bonds is 13. The second kappa shape index (κ2) is 13.1. The van der Waals surface area contributed by atoms with Crippen LogP contribution >= 0.6 is 22.6 Å². The minimum Gasteiger partial charge on any atom is -0.457 e. The standard InChI is InChI=1S/C24H43IO3Si/c1-11-13-18(3)14-15-21(28-29(9,10)24(6,7)8)16-22(26)27-23(19(4)12-2)20(5)17-25/h11-12,17-19,21,23H,1-2,13-16H2,3-10H3/b20-17+/t18-,19+,21+,23-/m1/s1. The summed E-state index contributed by atoms with van der Waals surface area (Å²) in [7, 11) is -1.98. The molecule has 0 rings (SSSR count). The molecule has 0 aliphatic rings. The van der Waals surface area contributed by atoms with Gasteiger partial charge in [-0.15, -0.1) is 13.2 Å². The molecule has 0 bridgehead atoms. The SMILES string of the molecule is C=CC[C@@H](C)CC[C@@H](CC(=O)O[C@@H](/C(C)=C/I)[C@@H](C)C=C)O[Si](C)(C)C(C)(C)C. The van der Waals surface area contributed by atoms with Crippen LogP contribution < -0.4 is 0 Å². The minimum absolute atomic E-state index is 0.0670. The first-order valence-electron chi connectivity index (χ1n) is 10.7. The number of hydrogen-bond donors (Lipinski definition) is 0. The maximum absolute atomic E-state index is 12.8. The highest BCUT2D eigenvalue weighted by Crippen LogP contribution is 2.38. The van der Waals surface area contributed by atoms with E-state index in [0.717, 1.165) is 24.8 Å². The molecule has 0 radical (unpaired) electrons. The number of allylic oxidation sites excluding steroid dienone is 1. The molecular formula is C24H43IO3Si. The van der Waals surface area contributed by atoms with Crippen LogP contribution in [0.2, 0.25) is 18.1 Å². The lowest BCUT2D eigenvalue weighted by Crippen LogP contribution is -2.44. The van der Waals surface area contributed by atoms with Gasteiger partial charge in [0, 0.05) is 5.92 Å². The van der Waals surface area contributed by atoms with E-state index < -0.39 is 8.32 Å². The first-order valence-corrected chi connectivity index (χ1v) is 14.8. The molecule has 29 heavy (non-hydrogen) atoms. The van der Waals surface area contributed by atoms with Gasteiger partial charge in [-0.1, -0.05) is 69.4 Å². The number of carbonyl (C=O) groups is 1. The summed E-state index contributed by atoms with van der Waals surface area (Å²) < 4.78 is 14.5. The zero-order valence-corrected chi connectivity index (χ0v) is 23.0. The van der Waals surface area contributed by atoms with Crippen molar-refractivity contribution in [1.29, 1.82) is 0 Å². The average molecular weight is 535 g/mol. The Balaban J connectivity index is 5.32. The number of hydrogen-bond acceptors (Lipinski definition) is 3. The molecule has 0 spiro atoms. The van der Waals surface area contributed by atoms with E-state index >= 15 is 0 Å². The van der Waals surface area contributed by atoms with E-state index in [1.54, 1.807) is 0 Å². The van der Waals surface area contributed by atoms with E-state index in [4.69, 9.17) is 9.16 Å². The van der Waals surface area contributed by atoms with Crippen molar-refractivity contribution in [1.82, 2.24) is 0 Å². The molecule has 5 heteroatoms. The maximum Gasteiger partial charge on any atom is 0.308 e. The first-order chi connectivity index (χ1) is 13.3. The van der Waals surface area contributed by atoms with Gasteiger partial charge in [0.1, 0.15) is 6.10 Å².